The normalized spacial score (nSPS) is 12.2. The number of benzene rings is 1. The van der Waals surface area contributed by atoms with Crippen LogP contribution in [-0.2, 0) is 0 Å². The molecule has 0 amide bonds. The molecular weight excluding hydrogens is 272 g/mol. The lowest BCUT2D eigenvalue weighted by Crippen LogP contribution is -2.17. The molecule has 1 aromatic carbocycles. The third kappa shape index (κ3) is 3.11. The zero-order chi connectivity index (χ0) is 14.5. The van der Waals surface area contributed by atoms with Crippen molar-refractivity contribution in [2.45, 2.75) is 19.9 Å². The Bertz CT molecular complexity index is 569. The summed E-state index contributed by atoms with van der Waals surface area (Å²) < 4.78 is 10.7. The van der Waals surface area contributed by atoms with E-state index in [2.05, 4.69) is 24.5 Å². The molecule has 5 heteroatoms. The van der Waals surface area contributed by atoms with E-state index < -0.39 is 0 Å². The van der Waals surface area contributed by atoms with Gasteiger partial charge in [-0.25, -0.2) is 4.98 Å². The molecule has 2 rings (SSSR count). The van der Waals surface area contributed by atoms with Crippen LogP contribution >= 0.6 is 11.3 Å². The number of ether oxygens (including phenoxy) is 2. The van der Waals surface area contributed by atoms with Crippen LogP contribution in [-0.4, -0.2) is 25.7 Å². The quantitative estimate of drug-likeness (QED) is 0.885. The standard InChI is InChI=1S/C15H20N2O2S/c1-5-16-10(2)13-9-20-15(17-13)12-8-11(18-3)6-7-14(12)19-4/h6-10,16H,5H2,1-4H3. The molecular formula is C15H20N2O2S. The fourth-order valence-electron chi connectivity index (χ4n) is 2.00. The van der Waals surface area contributed by atoms with Crippen molar-refractivity contribution in [3.8, 4) is 22.1 Å². The number of hydrogen-bond donors (Lipinski definition) is 1. The lowest BCUT2D eigenvalue weighted by Gasteiger charge is -2.09. The molecule has 108 valence electrons. The third-order valence-corrected chi connectivity index (χ3v) is 4.01. The number of methoxy groups -OCH3 is 2. The van der Waals surface area contributed by atoms with Gasteiger partial charge in [0.05, 0.1) is 25.5 Å². The zero-order valence-electron chi connectivity index (χ0n) is 12.3. The second kappa shape index (κ2) is 6.72. The minimum atomic E-state index is 0.251. The maximum atomic E-state index is 5.41. The van der Waals surface area contributed by atoms with Crippen LogP contribution in [0.1, 0.15) is 25.6 Å². The molecule has 2 aromatic rings. The summed E-state index contributed by atoms with van der Waals surface area (Å²) in [6.07, 6.45) is 0. The molecule has 0 saturated carbocycles. The number of thiazole rings is 1. The van der Waals surface area contributed by atoms with Crippen LogP contribution in [0.15, 0.2) is 23.6 Å². The van der Waals surface area contributed by atoms with E-state index in [1.165, 1.54) is 0 Å². The molecule has 0 bridgehead atoms. The number of aromatic nitrogens is 1. The minimum Gasteiger partial charge on any atom is -0.497 e. The van der Waals surface area contributed by atoms with Gasteiger partial charge in [0.1, 0.15) is 16.5 Å². The van der Waals surface area contributed by atoms with Crippen LogP contribution in [0, 0.1) is 0 Å². The summed E-state index contributed by atoms with van der Waals surface area (Å²) in [5.41, 5.74) is 2.02. The Morgan fingerprint density at radius 1 is 1.30 bits per heavy atom. The van der Waals surface area contributed by atoms with Gasteiger partial charge in [-0.05, 0) is 31.7 Å². The Morgan fingerprint density at radius 2 is 2.10 bits per heavy atom. The van der Waals surface area contributed by atoms with Gasteiger partial charge in [-0.1, -0.05) is 6.92 Å². The van der Waals surface area contributed by atoms with Gasteiger partial charge in [0.15, 0.2) is 0 Å². The molecule has 1 unspecified atom stereocenters. The fraction of sp³-hybridized carbons (Fsp3) is 0.400. The number of nitrogens with zero attached hydrogens (tertiary/aromatic N) is 1. The first kappa shape index (κ1) is 14.8. The first-order valence-corrected chi connectivity index (χ1v) is 7.48. The zero-order valence-corrected chi connectivity index (χ0v) is 13.1. The smallest absolute Gasteiger partial charge is 0.129 e. The molecule has 1 N–H and O–H groups in total. The third-order valence-electron chi connectivity index (χ3n) is 3.11. The summed E-state index contributed by atoms with van der Waals surface area (Å²) in [4.78, 5) is 4.70. The Labute approximate surface area is 123 Å². The van der Waals surface area contributed by atoms with Crippen molar-refractivity contribution in [2.24, 2.45) is 0 Å². The van der Waals surface area contributed by atoms with Gasteiger partial charge in [0.25, 0.3) is 0 Å². The van der Waals surface area contributed by atoms with Crippen molar-refractivity contribution in [3.63, 3.8) is 0 Å². The summed E-state index contributed by atoms with van der Waals surface area (Å²) >= 11 is 1.62. The molecule has 1 aromatic heterocycles. The van der Waals surface area contributed by atoms with Crippen molar-refractivity contribution in [2.75, 3.05) is 20.8 Å². The maximum Gasteiger partial charge on any atom is 0.129 e. The van der Waals surface area contributed by atoms with E-state index in [4.69, 9.17) is 14.5 Å². The van der Waals surface area contributed by atoms with Crippen LogP contribution in [0.5, 0.6) is 11.5 Å². The Kier molecular flexibility index (Phi) is 4.98. The van der Waals surface area contributed by atoms with Crippen LogP contribution in [0.25, 0.3) is 10.6 Å². The second-order valence-electron chi connectivity index (χ2n) is 4.42. The van der Waals surface area contributed by atoms with Crippen molar-refractivity contribution >= 4 is 11.3 Å². The van der Waals surface area contributed by atoms with E-state index in [0.717, 1.165) is 34.3 Å². The highest BCUT2D eigenvalue weighted by Gasteiger charge is 2.14. The van der Waals surface area contributed by atoms with Gasteiger partial charge in [-0.3, -0.25) is 0 Å². The SMILES string of the molecule is CCNC(C)c1csc(-c2cc(OC)ccc2OC)n1. The van der Waals surface area contributed by atoms with Crippen molar-refractivity contribution in [3.05, 3.63) is 29.3 Å². The van der Waals surface area contributed by atoms with Gasteiger partial charge in [-0.2, -0.15) is 0 Å². The monoisotopic (exact) mass is 292 g/mol. The van der Waals surface area contributed by atoms with Gasteiger partial charge in [0.2, 0.25) is 0 Å². The molecule has 0 aliphatic rings. The molecule has 1 heterocycles. The molecule has 1 atom stereocenters. The highest BCUT2D eigenvalue weighted by molar-refractivity contribution is 7.13. The van der Waals surface area contributed by atoms with Crippen molar-refractivity contribution in [1.29, 1.82) is 0 Å². The predicted octanol–water partition coefficient (Wildman–Crippen LogP) is 3.50. The van der Waals surface area contributed by atoms with Gasteiger partial charge < -0.3 is 14.8 Å². The number of hydrogen-bond acceptors (Lipinski definition) is 5. The summed E-state index contributed by atoms with van der Waals surface area (Å²) in [6, 6.07) is 6.00. The second-order valence-corrected chi connectivity index (χ2v) is 5.28. The maximum absolute atomic E-state index is 5.41. The topological polar surface area (TPSA) is 43.4 Å². The molecule has 0 aliphatic heterocycles. The van der Waals surface area contributed by atoms with E-state index in [1.54, 1.807) is 25.6 Å². The van der Waals surface area contributed by atoms with Crippen molar-refractivity contribution in [1.82, 2.24) is 10.3 Å². The molecule has 0 radical (unpaired) electrons. The van der Waals surface area contributed by atoms with E-state index in [0.29, 0.717) is 0 Å². The Balaban J connectivity index is 2.35. The van der Waals surface area contributed by atoms with E-state index in [9.17, 15) is 0 Å². The Hall–Kier alpha value is -1.59. The predicted molar refractivity (Wildman–Crippen MR) is 82.7 cm³/mol. The van der Waals surface area contributed by atoms with Gasteiger partial charge >= 0.3 is 0 Å². The van der Waals surface area contributed by atoms with E-state index in [1.807, 2.05) is 18.2 Å². The number of rotatable bonds is 6. The van der Waals surface area contributed by atoms with Crippen LogP contribution < -0.4 is 14.8 Å². The summed E-state index contributed by atoms with van der Waals surface area (Å²) in [5.74, 6) is 1.61. The lowest BCUT2D eigenvalue weighted by atomic mass is 10.2. The van der Waals surface area contributed by atoms with Crippen LogP contribution in [0.4, 0.5) is 0 Å². The summed E-state index contributed by atoms with van der Waals surface area (Å²) in [6.45, 7) is 5.14. The summed E-state index contributed by atoms with van der Waals surface area (Å²) in [5, 5.41) is 6.40. The highest BCUT2D eigenvalue weighted by Crippen LogP contribution is 2.35. The highest BCUT2D eigenvalue weighted by atomic mass is 32.1. The van der Waals surface area contributed by atoms with Crippen LogP contribution in [0.2, 0.25) is 0 Å². The average Bonchev–Trinajstić information content (AvgIpc) is 2.96. The molecule has 0 spiro atoms. The molecule has 0 aliphatic carbocycles. The van der Waals surface area contributed by atoms with Crippen LogP contribution in [0.3, 0.4) is 0 Å². The first-order chi connectivity index (χ1) is 9.69. The number of nitrogens with one attached hydrogen (secondary N) is 1. The van der Waals surface area contributed by atoms with E-state index in [-0.39, 0.29) is 6.04 Å². The fourth-order valence-corrected chi connectivity index (χ4v) is 2.93. The average molecular weight is 292 g/mol. The first-order valence-electron chi connectivity index (χ1n) is 6.60. The van der Waals surface area contributed by atoms with Gasteiger partial charge in [0, 0.05) is 11.4 Å². The molecule has 20 heavy (non-hydrogen) atoms. The van der Waals surface area contributed by atoms with Gasteiger partial charge in [-0.15, -0.1) is 11.3 Å². The largest absolute Gasteiger partial charge is 0.497 e. The molecule has 0 saturated heterocycles. The van der Waals surface area contributed by atoms with Crippen molar-refractivity contribution < 1.29 is 9.47 Å². The molecule has 4 nitrogen and oxygen atoms in total. The minimum absolute atomic E-state index is 0.251. The van der Waals surface area contributed by atoms with E-state index >= 15 is 0 Å². The summed E-state index contributed by atoms with van der Waals surface area (Å²) in [7, 11) is 3.33. The Morgan fingerprint density at radius 3 is 2.75 bits per heavy atom. The lowest BCUT2D eigenvalue weighted by molar-refractivity contribution is 0.404. The molecule has 0 fully saturated rings.